The number of halogens is 1. The van der Waals surface area contributed by atoms with E-state index in [1.807, 2.05) is 0 Å². The van der Waals surface area contributed by atoms with Gasteiger partial charge in [-0.1, -0.05) is 0 Å². The lowest BCUT2D eigenvalue weighted by Crippen LogP contribution is -2.24. The van der Waals surface area contributed by atoms with Gasteiger partial charge in [0.25, 0.3) is 5.56 Å². The maximum absolute atomic E-state index is 11.2. The molecule has 1 aromatic rings. The fourth-order valence-electron chi connectivity index (χ4n) is 1.38. The summed E-state index contributed by atoms with van der Waals surface area (Å²) < 4.78 is 0.351. The SMILES string of the molecule is O=C1CC(Nc2nc[nH]c(=O)c2Br)CN1. The number of rotatable bonds is 2. The van der Waals surface area contributed by atoms with Crippen molar-refractivity contribution in [2.45, 2.75) is 12.5 Å². The van der Waals surface area contributed by atoms with Crippen LogP contribution in [0, 0.1) is 0 Å². The zero-order valence-electron chi connectivity index (χ0n) is 7.71. The molecule has 1 aromatic heterocycles. The van der Waals surface area contributed by atoms with Crippen LogP contribution in [-0.2, 0) is 4.79 Å². The molecule has 15 heavy (non-hydrogen) atoms. The van der Waals surface area contributed by atoms with Gasteiger partial charge in [-0.25, -0.2) is 4.98 Å². The van der Waals surface area contributed by atoms with Gasteiger partial charge in [0.2, 0.25) is 5.91 Å². The number of carbonyl (C=O) groups is 1. The fourth-order valence-corrected chi connectivity index (χ4v) is 1.72. The van der Waals surface area contributed by atoms with E-state index in [2.05, 4.69) is 36.5 Å². The Kier molecular flexibility index (Phi) is 2.72. The van der Waals surface area contributed by atoms with Crippen molar-refractivity contribution in [1.82, 2.24) is 15.3 Å². The molecule has 1 amide bonds. The minimum atomic E-state index is -0.246. The van der Waals surface area contributed by atoms with E-state index in [4.69, 9.17) is 0 Å². The minimum Gasteiger partial charge on any atom is -0.364 e. The molecule has 7 heteroatoms. The number of amides is 1. The van der Waals surface area contributed by atoms with Gasteiger partial charge < -0.3 is 15.6 Å². The van der Waals surface area contributed by atoms with E-state index in [1.54, 1.807) is 0 Å². The molecule has 1 atom stereocenters. The maximum atomic E-state index is 11.2. The van der Waals surface area contributed by atoms with Crippen LogP contribution in [-0.4, -0.2) is 28.5 Å². The average Bonchev–Trinajstić information content (AvgIpc) is 2.59. The normalized spacial score (nSPS) is 20.1. The van der Waals surface area contributed by atoms with Gasteiger partial charge in [-0.15, -0.1) is 0 Å². The number of aromatic amines is 1. The van der Waals surface area contributed by atoms with Crippen molar-refractivity contribution < 1.29 is 4.79 Å². The summed E-state index contributed by atoms with van der Waals surface area (Å²) in [4.78, 5) is 28.6. The van der Waals surface area contributed by atoms with Crippen LogP contribution >= 0.6 is 15.9 Å². The largest absolute Gasteiger partial charge is 0.364 e. The molecule has 0 radical (unpaired) electrons. The summed E-state index contributed by atoms with van der Waals surface area (Å²) >= 11 is 3.13. The van der Waals surface area contributed by atoms with Crippen molar-refractivity contribution in [2.24, 2.45) is 0 Å². The van der Waals surface area contributed by atoms with Gasteiger partial charge in [-0.3, -0.25) is 9.59 Å². The van der Waals surface area contributed by atoms with Crippen LogP contribution < -0.4 is 16.2 Å². The molecule has 3 N–H and O–H groups in total. The van der Waals surface area contributed by atoms with Gasteiger partial charge in [0, 0.05) is 13.0 Å². The molecule has 0 aliphatic carbocycles. The number of nitrogens with one attached hydrogen (secondary N) is 3. The molecule has 1 saturated heterocycles. The predicted molar refractivity (Wildman–Crippen MR) is 57.6 cm³/mol. The molecule has 6 nitrogen and oxygen atoms in total. The summed E-state index contributed by atoms with van der Waals surface area (Å²) in [6.07, 6.45) is 1.72. The highest BCUT2D eigenvalue weighted by atomic mass is 79.9. The topological polar surface area (TPSA) is 86.9 Å². The number of carbonyl (C=O) groups excluding carboxylic acids is 1. The first kappa shape index (κ1) is 10.2. The quantitative estimate of drug-likeness (QED) is 0.698. The van der Waals surface area contributed by atoms with E-state index in [0.29, 0.717) is 23.3 Å². The number of hydrogen-bond acceptors (Lipinski definition) is 4. The van der Waals surface area contributed by atoms with Gasteiger partial charge in [-0.2, -0.15) is 0 Å². The lowest BCUT2D eigenvalue weighted by atomic mass is 10.2. The smallest absolute Gasteiger partial charge is 0.267 e. The van der Waals surface area contributed by atoms with Crippen LogP contribution in [0.4, 0.5) is 5.82 Å². The van der Waals surface area contributed by atoms with Crippen molar-refractivity contribution in [3.8, 4) is 0 Å². The third-order valence-corrected chi connectivity index (χ3v) is 2.85. The Hall–Kier alpha value is -1.37. The molecule has 1 unspecified atom stereocenters. The average molecular weight is 273 g/mol. The summed E-state index contributed by atoms with van der Waals surface area (Å²) in [6.45, 7) is 0.555. The van der Waals surface area contributed by atoms with Crippen LogP contribution in [0.15, 0.2) is 15.6 Å². The second-order valence-corrected chi connectivity index (χ2v) is 4.04. The van der Waals surface area contributed by atoms with E-state index in [0.717, 1.165) is 0 Å². The second-order valence-electron chi connectivity index (χ2n) is 3.24. The van der Waals surface area contributed by atoms with Crippen LogP contribution in [0.5, 0.6) is 0 Å². The number of hydrogen-bond donors (Lipinski definition) is 3. The molecule has 0 spiro atoms. The van der Waals surface area contributed by atoms with Gasteiger partial charge in [-0.05, 0) is 15.9 Å². The summed E-state index contributed by atoms with van der Waals surface area (Å²) in [5.41, 5.74) is -0.246. The Morgan fingerprint density at radius 3 is 3.00 bits per heavy atom. The number of H-pyrrole nitrogens is 1. The number of nitrogens with zero attached hydrogens (tertiary/aromatic N) is 1. The molecule has 2 heterocycles. The molecule has 0 bridgehead atoms. The van der Waals surface area contributed by atoms with Crippen LogP contribution in [0.2, 0.25) is 0 Å². The lowest BCUT2D eigenvalue weighted by molar-refractivity contribution is -0.119. The molecular formula is C8H9BrN4O2. The third kappa shape index (κ3) is 2.17. The molecular weight excluding hydrogens is 264 g/mol. The summed E-state index contributed by atoms with van der Waals surface area (Å²) in [7, 11) is 0. The third-order valence-electron chi connectivity index (χ3n) is 2.11. The summed E-state index contributed by atoms with van der Waals surface area (Å²) in [5.74, 6) is 0.466. The Bertz CT molecular complexity index is 445. The molecule has 80 valence electrons. The fraction of sp³-hybridized carbons (Fsp3) is 0.375. The maximum Gasteiger partial charge on any atom is 0.267 e. The molecule has 0 saturated carbocycles. The van der Waals surface area contributed by atoms with E-state index in [1.165, 1.54) is 6.33 Å². The van der Waals surface area contributed by atoms with E-state index in [-0.39, 0.29) is 17.5 Å². The Morgan fingerprint density at radius 1 is 1.53 bits per heavy atom. The number of anilines is 1. The Balaban J connectivity index is 2.14. The zero-order chi connectivity index (χ0) is 10.8. The second kappa shape index (κ2) is 4.01. The van der Waals surface area contributed by atoms with Crippen LogP contribution in [0.25, 0.3) is 0 Å². The monoisotopic (exact) mass is 272 g/mol. The number of aromatic nitrogens is 2. The van der Waals surface area contributed by atoms with Gasteiger partial charge in [0.1, 0.15) is 10.3 Å². The summed E-state index contributed by atoms with van der Waals surface area (Å²) in [6, 6.07) is -0.0110. The first-order valence-corrected chi connectivity index (χ1v) is 5.22. The molecule has 1 aliphatic rings. The Labute approximate surface area is 93.6 Å². The van der Waals surface area contributed by atoms with E-state index < -0.39 is 0 Å². The highest BCUT2D eigenvalue weighted by molar-refractivity contribution is 9.10. The molecule has 0 aromatic carbocycles. The lowest BCUT2D eigenvalue weighted by Gasteiger charge is -2.11. The summed E-state index contributed by atoms with van der Waals surface area (Å²) in [5, 5.41) is 5.71. The molecule has 1 fully saturated rings. The standard InChI is InChI=1S/C8H9BrN4O2/c9-6-7(11-3-12-8(6)15)13-4-1-5(14)10-2-4/h3-4H,1-2H2,(H,10,14)(H2,11,12,13,15). The van der Waals surface area contributed by atoms with Crippen LogP contribution in [0.3, 0.4) is 0 Å². The van der Waals surface area contributed by atoms with Crippen LogP contribution in [0.1, 0.15) is 6.42 Å². The Morgan fingerprint density at radius 2 is 2.33 bits per heavy atom. The highest BCUT2D eigenvalue weighted by Crippen LogP contribution is 2.16. The zero-order valence-corrected chi connectivity index (χ0v) is 9.30. The van der Waals surface area contributed by atoms with Gasteiger partial charge >= 0.3 is 0 Å². The van der Waals surface area contributed by atoms with E-state index in [9.17, 15) is 9.59 Å². The van der Waals surface area contributed by atoms with Crippen molar-refractivity contribution in [2.75, 3.05) is 11.9 Å². The van der Waals surface area contributed by atoms with Crippen molar-refractivity contribution in [1.29, 1.82) is 0 Å². The van der Waals surface area contributed by atoms with Crippen molar-refractivity contribution in [3.63, 3.8) is 0 Å². The predicted octanol–water partition coefficient (Wildman–Crippen LogP) is -0.167. The van der Waals surface area contributed by atoms with Crippen molar-refractivity contribution >= 4 is 27.7 Å². The van der Waals surface area contributed by atoms with Crippen molar-refractivity contribution in [3.05, 3.63) is 21.2 Å². The van der Waals surface area contributed by atoms with Gasteiger partial charge in [0.15, 0.2) is 0 Å². The van der Waals surface area contributed by atoms with E-state index >= 15 is 0 Å². The highest BCUT2D eigenvalue weighted by Gasteiger charge is 2.22. The molecule has 1 aliphatic heterocycles. The minimum absolute atomic E-state index is 0.00784. The molecule has 2 rings (SSSR count). The van der Waals surface area contributed by atoms with Gasteiger partial charge in [0.05, 0.1) is 12.4 Å². The first-order chi connectivity index (χ1) is 7.16. The first-order valence-electron chi connectivity index (χ1n) is 4.43.